The fourth-order valence-electron chi connectivity index (χ4n) is 2.00. The molecule has 2 aromatic rings. The highest BCUT2D eigenvalue weighted by molar-refractivity contribution is 5.97. The number of amides is 1. The Morgan fingerprint density at radius 3 is 2.90 bits per heavy atom. The molecule has 0 bridgehead atoms. The van der Waals surface area contributed by atoms with E-state index < -0.39 is 0 Å². The van der Waals surface area contributed by atoms with E-state index in [1.165, 1.54) is 0 Å². The minimum absolute atomic E-state index is 0.0336. The first-order valence-electron chi connectivity index (χ1n) is 6.36. The second kappa shape index (κ2) is 6.08. The van der Waals surface area contributed by atoms with Crippen LogP contribution in [0.2, 0.25) is 0 Å². The molecule has 0 aliphatic carbocycles. The molecule has 1 heterocycles. The molecule has 7 heteroatoms. The zero-order chi connectivity index (χ0) is 15.4. The van der Waals surface area contributed by atoms with Crippen molar-refractivity contribution in [3.8, 4) is 0 Å². The summed E-state index contributed by atoms with van der Waals surface area (Å²) in [6, 6.07) is 7.12. The number of hydrogen-bond donors (Lipinski definition) is 3. The molecule has 110 valence electrons. The van der Waals surface area contributed by atoms with Gasteiger partial charge in [0.05, 0.1) is 11.3 Å². The number of carbonyl (C=O) groups excluding carboxylic acids is 1. The average Bonchev–Trinajstić information content (AvgIpc) is 2.83. The van der Waals surface area contributed by atoms with E-state index in [0.717, 1.165) is 5.56 Å². The van der Waals surface area contributed by atoms with E-state index in [0.29, 0.717) is 23.4 Å². The van der Waals surface area contributed by atoms with Crippen LogP contribution >= 0.6 is 0 Å². The quantitative estimate of drug-likeness (QED) is 0.334. The molecule has 0 radical (unpaired) electrons. The molecule has 0 atom stereocenters. The van der Waals surface area contributed by atoms with Crippen LogP contribution in [-0.2, 0) is 13.6 Å². The number of amidine groups is 1. The van der Waals surface area contributed by atoms with Gasteiger partial charge in [0.25, 0.3) is 5.91 Å². The van der Waals surface area contributed by atoms with Crippen LogP contribution in [0.1, 0.15) is 27.2 Å². The molecule has 7 nitrogen and oxygen atoms in total. The molecule has 0 unspecified atom stereocenters. The molecule has 0 fully saturated rings. The van der Waals surface area contributed by atoms with Crippen molar-refractivity contribution in [1.82, 2.24) is 15.1 Å². The molecular formula is C14H17N5O2. The Bertz CT molecular complexity index is 690. The molecule has 1 amide bonds. The van der Waals surface area contributed by atoms with Crippen LogP contribution in [0.3, 0.4) is 0 Å². The van der Waals surface area contributed by atoms with Crippen molar-refractivity contribution < 1.29 is 10.0 Å². The van der Waals surface area contributed by atoms with Gasteiger partial charge in [-0.2, -0.15) is 5.10 Å². The third kappa shape index (κ3) is 3.38. The standard InChI is InChI=1S/C14H17N5O2/c1-9-12(8-19(2)17-9)14(20)16-7-10-4-3-5-11(6-10)13(15)18-21/h3-6,8,21H,7H2,1-2H3,(H2,15,18)(H,16,20). The number of carbonyl (C=O) groups is 1. The minimum atomic E-state index is -0.185. The molecule has 0 saturated heterocycles. The van der Waals surface area contributed by atoms with Crippen molar-refractivity contribution in [3.05, 3.63) is 52.8 Å². The van der Waals surface area contributed by atoms with Crippen molar-refractivity contribution >= 4 is 11.7 Å². The van der Waals surface area contributed by atoms with Crippen molar-refractivity contribution in [1.29, 1.82) is 0 Å². The Kier molecular flexibility index (Phi) is 4.22. The number of rotatable bonds is 4. The molecule has 1 aromatic heterocycles. The molecule has 0 aliphatic heterocycles. The first-order chi connectivity index (χ1) is 10.0. The number of aromatic nitrogens is 2. The summed E-state index contributed by atoms with van der Waals surface area (Å²) in [4.78, 5) is 12.1. The lowest BCUT2D eigenvalue weighted by atomic mass is 10.1. The van der Waals surface area contributed by atoms with E-state index in [4.69, 9.17) is 10.9 Å². The van der Waals surface area contributed by atoms with Crippen LogP contribution in [0.25, 0.3) is 0 Å². The number of nitrogens with two attached hydrogens (primary N) is 1. The second-order valence-corrected chi connectivity index (χ2v) is 4.67. The first kappa shape index (κ1) is 14.6. The minimum Gasteiger partial charge on any atom is -0.409 e. The Balaban J connectivity index is 2.06. The molecule has 0 saturated carbocycles. The van der Waals surface area contributed by atoms with Crippen molar-refractivity contribution in [3.63, 3.8) is 0 Å². The summed E-state index contributed by atoms with van der Waals surface area (Å²) >= 11 is 0. The number of nitrogens with zero attached hydrogens (tertiary/aromatic N) is 3. The van der Waals surface area contributed by atoms with E-state index in [9.17, 15) is 4.79 Å². The maximum absolute atomic E-state index is 12.1. The van der Waals surface area contributed by atoms with Crippen molar-refractivity contribution in [2.75, 3.05) is 0 Å². The third-order valence-corrected chi connectivity index (χ3v) is 3.04. The second-order valence-electron chi connectivity index (χ2n) is 4.67. The monoisotopic (exact) mass is 287 g/mol. The zero-order valence-electron chi connectivity index (χ0n) is 11.9. The molecule has 1 aromatic carbocycles. The molecule has 4 N–H and O–H groups in total. The van der Waals surface area contributed by atoms with Gasteiger partial charge in [-0.05, 0) is 18.6 Å². The highest BCUT2D eigenvalue weighted by Crippen LogP contribution is 2.07. The van der Waals surface area contributed by atoms with Crippen LogP contribution in [0.4, 0.5) is 0 Å². The number of nitrogens with one attached hydrogen (secondary N) is 1. The molecule has 0 spiro atoms. The maximum Gasteiger partial charge on any atom is 0.255 e. The zero-order valence-corrected chi connectivity index (χ0v) is 11.9. The van der Waals surface area contributed by atoms with Gasteiger partial charge < -0.3 is 16.3 Å². The van der Waals surface area contributed by atoms with Gasteiger partial charge in [-0.3, -0.25) is 9.48 Å². The Labute approximate surface area is 122 Å². The van der Waals surface area contributed by atoms with Gasteiger partial charge >= 0.3 is 0 Å². The predicted molar refractivity (Wildman–Crippen MR) is 78.1 cm³/mol. The summed E-state index contributed by atoms with van der Waals surface area (Å²) in [6.45, 7) is 2.13. The highest BCUT2D eigenvalue weighted by atomic mass is 16.4. The Morgan fingerprint density at radius 1 is 1.52 bits per heavy atom. The van der Waals surface area contributed by atoms with Crippen LogP contribution < -0.4 is 11.1 Å². The third-order valence-electron chi connectivity index (χ3n) is 3.04. The molecular weight excluding hydrogens is 270 g/mol. The number of oxime groups is 1. The summed E-state index contributed by atoms with van der Waals surface area (Å²) in [5.74, 6) is -0.152. The SMILES string of the molecule is Cc1nn(C)cc1C(=O)NCc1cccc(/C(N)=N/O)c1. The van der Waals surface area contributed by atoms with Gasteiger partial charge in [0, 0.05) is 25.4 Å². The molecule has 2 rings (SSSR count). The molecule has 0 aliphatic rings. The lowest BCUT2D eigenvalue weighted by Crippen LogP contribution is -2.23. The number of benzene rings is 1. The largest absolute Gasteiger partial charge is 0.409 e. The van der Waals surface area contributed by atoms with Gasteiger partial charge in [0.15, 0.2) is 5.84 Å². The van der Waals surface area contributed by atoms with Crippen LogP contribution in [0, 0.1) is 6.92 Å². The van der Waals surface area contributed by atoms with Crippen molar-refractivity contribution in [2.45, 2.75) is 13.5 Å². The van der Waals surface area contributed by atoms with E-state index >= 15 is 0 Å². The lowest BCUT2D eigenvalue weighted by molar-refractivity contribution is 0.0950. The van der Waals surface area contributed by atoms with E-state index in [2.05, 4.69) is 15.6 Å². The highest BCUT2D eigenvalue weighted by Gasteiger charge is 2.12. The van der Waals surface area contributed by atoms with Crippen LogP contribution in [-0.4, -0.2) is 26.7 Å². The summed E-state index contributed by atoms with van der Waals surface area (Å²) in [5, 5.41) is 18.6. The van der Waals surface area contributed by atoms with E-state index in [1.807, 2.05) is 6.07 Å². The first-order valence-corrected chi connectivity index (χ1v) is 6.36. The Morgan fingerprint density at radius 2 is 2.29 bits per heavy atom. The van der Waals surface area contributed by atoms with Crippen LogP contribution in [0.15, 0.2) is 35.6 Å². The van der Waals surface area contributed by atoms with Gasteiger partial charge in [0.2, 0.25) is 0 Å². The normalized spacial score (nSPS) is 11.4. The van der Waals surface area contributed by atoms with Gasteiger partial charge in [0.1, 0.15) is 0 Å². The average molecular weight is 287 g/mol. The van der Waals surface area contributed by atoms with Crippen molar-refractivity contribution in [2.24, 2.45) is 17.9 Å². The van der Waals surface area contributed by atoms with E-state index in [-0.39, 0.29) is 11.7 Å². The van der Waals surface area contributed by atoms with Crippen LogP contribution in [0.5, 0.6) is 0 Å². The smallest absolute Gasteiger partial charge is 0.255 e. The summed E-state index contributed by atoms with van der Waals surface area (Å²) in [6.07, 6.45) is 1.68. The summed E-state index contributed by atoms with van der Waals surface area (Å²) < 4.78 is 1.60. The topological polar surface area (TPSA) is 106 Å². The fraction of sp³-hybridized carbons (Fsp3) is 0.214. The Hall–Kier alpha value is -2.83. The molecule has 21 heavy (non-hydrogen) atoms. The summed E-state index contributed by atoms with van der Waals surface area (Å²) in [7, 11) is 1.77. The van der Waals surface area contributed by atoms with E-state index in [1.54, 1.807) is 43.0 Å². The maximum atomic E-state index is 12.1. The number of hydrogen-bond acceptors (Lipinski definition) is 4. The van der Waals surface area contributed by atoms with Gasteiger partial charge in [-0.25, -0.2) is 0 Å². The van der Waals surface area contributed by atoms with Gasteiger partial charge in [-0.15, -0.1) is 0 Å². The number of aryl methyl sites for hydroxylation is 2. The summed E-state index contributed by atoms with van der Waals surface area (Å²) in [5.41, 5.74) is 8.22. The lowest BCUT2D eigenvalue weighted by Gasteiger charge is -2.06. The predicted octanol–water partition coefficient (Wildman–Crippen LogP) is 0.753. The van der Waals surface area contributed by atoms with Gasteiger partial charge in [-0.1, -0.05) is 23.4 Å². The fourth-order valence-corrected chi connectivity index (χ4v) is 2.00.